The number of nitrogens with one attached hydrogen (secondary N) is 1. The first-order valence-electron chi connectivity index (χ1n) is 9.63. The first kappa shape index (κ1) is 18.1. The van der Waals surface area contributed by atoms with E-state index in [1.807, 2.05) is 41.2 Å². The Labute approximate surface area is 165 Å². The summed E-state index contributed by atoms with van der Waals surface area (Å²) in [5, 5.41) is 7.70. The summed E-state index contributed by atoms with van der Waals surface area (Å²) in [4.78, 5) is 12.3. The number of fused-ring (bicyclic) bond motifs is 1. The molecule has 0 bridgehead atoms. The summed E-state index contributed by atoms with van der Waals surface area (Å²) in [6.07, 6.45) is 4.77. The van der Waals surface area contributed by atoms with Crippen molar-refractivity contribution in [3.05, 3.63) is 82.7 Å². The van der Waals surface area contributed by atoms with E-state index in [0.717, 1.165) is 36.1 Å². The quantitative estimate of drug-likeness (QED) is 0.693. The van der Waals surface area contributed by atoms with Crippen molar-refractivity contribution in [2.24, 2.45) is 0 Å². The number of rotatable bonds is 2. The molecule has 0 fully saturated rings. The minimum Gasteiger partial charge on any atom is -0.338 e. The van der Waals surface area contributed by atoms with Gasteiger partial charge in [0.2, 0.25) is 0 Å². The van der Waals surface area contributed by atoms with E-state index in [0.29, 0.717) is 0 Å². The maximum atomic E-state index is 12.3. The molecule has 140 valence electrons. The lowest BCUT2D eigenvalue weighted by Gasteiger charge is -2.23. The highest BCUT2D eigenvalue weighted by atomic mass is 16.1. The fraction of sp³-hybridized carbons (Fsp3) is 0.250. The molecule has 1 atom stereocenters. The first-order chi connectivity index (χ1) is 13.6. The Hall–Kier alpha value is -3.32. The van der Waals surface area contributed by atoms with Gasteiger partial charge in [-0.15, -0.1) is 0 Å². The predicted molar refractivity (Wildman–Crippen MR) is 110 cm³/mol. The maximum Gasteiger partial charge on any atom is 0.296 e. The number of hydrogen-bond donors (Lipinski definition) is 1. The lowest BCUT2D eigenvalue weighted by atomic mass is 9.93. The third-order valence-corrected chi connectivity index (χ3v) is 5.03. The summed E-state index contributed by atoms with van der Waals surface area (Å²) in [5.41, 5.74) is 6.63. The van der Waals surface area contributed by atoms with Gasteiger partial charge in [0.15, 0.2) is 0 Å². The van der Waals surface area contributed by atoms with Crippen molar-refractivity contribution in [2.75, 3.05) is 0 Å². The third kappa shape index (κ3) is 3.84. The largest absolute Gasteiger partial charge is 0.338 e. The maximum absolute atomic E-state index is 12.3. The third-order valence-electron chi connectivity index (χ3n) is 5.03. The number of aromatic nitrogens is 2. The molecule has 0 spiro atoms. The summed E-state index contributed by atoms with van der Waals surface area (Å²) in [7, 11) is 0. The molecule has 1 amide bonds. The molecule has 1 heterocycles. The number of aryl methyl sites for hydroxylation is 2. The van der Waals surface area contributed by atoms with Crippen LogP contribution in [0.25, 0.3) is 5.69 Å². The fourth-order valence-electron chi connectivity index (χ4n) is 3.85. The van der Waals surface area contributed by atoms with Crippen LogP contribution < -0.4 is 5.32 Å². The average Bonchev–Trinajstić information content (AvgIpc) is 3.12. The Bertz CT molecular complexity index is 1050. The average molecular weight is 369 g/mol. The van der Waals surface area contributed by atoms with Gasteiger partial charge in [0.1, 0.15) is 0 Å². The number of benzene rings is 2. The number of hydrogen-bond acceptors (Lipinski definition) is 2. The molecule has 2 aromatic carbocycles. The standard InChI is InChI=1S/C24H23N3O/c1-17-13-18(2)15-20(14-17)27-23-10-6-9-22(21(23)16-25-27)26-24(28)12-11-19-7-4-3-5-8-19/h3-5,7-8,13-16,22H,6,9-10H2,1-2H3,(H,26,28)/t22-/m0/s1. The van der Waals surface area contributed by atoms with E-state index in [1.165, 1.54) is 16.8 Å². The van der Waals surface area contributed by atoms with Crippen molar-refractivity contribution in [1.82, 2.24) is 15.1 Å². The van der Waals surface area contributed by atoms with Gasteiger partial charge < -0.3 is 5.32 Å². The van der Waals surface area contributed by atoms with E-state index in [2.05, 4.69) is 54.3 Å². The number of carbonyl (C=O) groups is 1. The Kier molecular flexibility index (Phi) is 4.99. The molecule has 0 saturated carbocycles. The van der Waals surface area contributed by atoms with Crippen LogP contribution in [-0.2, 0) is 11.2 Å². The van der Waals surface area contributed by atoms with Crippen molar-refractivity contribution >= 4 is 5.91 Å². The van der Waals surface area contributed by atoms with Crippen LogP contribution in [-0.4, -0.2) is 15.7 Å². The van der Waals surface area contributed by atoms with Crippen molar-refractivity contribution in [3.8, 4) is 17.5 Å². The smallest absolute Gasteiger partial charge is 0.296 e. The van der Waals surface area contributed by atoms with Gasteiger partial charge in [0.05, 0.1) is 17.9 Å². The molecular formula is C24H23N3O. The fourth-order valence-corrected chi connectivity index (χ4v) is 3.85. The number of amides is 1. The molecule has 0 radical (unpaired) electrons. The van der Waals surface area contributed by atoms with Crippen LogP contribution in [0.15, 0.2) is 54.7 Å². The summed E-state index contributed by atoms with van der Waals surface area (Å²) < 4.78 is 2.02. The second kappa shape index (κ2) is 7.74. The topological polar surface area (TPSA) is 46.9 Å². The van der Waals surface area contributed by atoms with Crippen molar-refractivity contribution < 1.29 is 4.79 Å². The van der Waals surface area contributed by atoms with Gasteiger partial charge in [-0.05, 0) is 68.5 Å². The summed E-state index contributed by atoms with van der Waals surface area (Å²) in [6, 6.07) is 16.0. The summed E-state index contributed by atoms with van der Waals surface area (Å²) in [6.45, 7) is 4.20. The van der Waals surface area contributed by atoms with Crippen LogP contribution in [0, 0.1) is 25.7 Å². The highest BCUT2D eigenvalue weighted by Crippen LogP contribution is 2.31. The molecule has 0 unspecified atom stereocenters. The van der Waals surface area contributed by atoms with Gasteiger partial charge >= 0.3 is 0 Å². The number of nitrogens with zero attached hydrogens (tertiary/aromatic N) is 2. The Morgan fingerprint density at radius 2 is 1.89 bits per heavy atom. The number of carbonyl (C=O) groups excluding carboxylic acids is 1. The monoisotopic (exact) mass is 369 g/mol. The zero-order chi connectivity index (χ0) is 19.5. The van der Waals surface area contributed by atoms with Gasteiger partial charge in [0.25, 0.3) is 5.91 Å². The van der Waals surface area contributed by atoms with Crippen LogP contribution in [0.3, 0.4) is 0 Å². The summed E-state index contributed by atoms with van der Waals surface area (Å²) >= 11 is 0. The van der Waals surface area contributed by atoms with Crippen LogP contribution in [0.1, 0.15) is 46.8 Å². The van der Waals surface area contributed by atoms with Gasteiger partial charge in [-0.1, -0.05) is 30.2 Å². The Morgan fingerprint density at radius 3 is 2.64 bits per heavy atom. The molecule has 1 aromatic heterocycles. The second-order valence-electron chi connectivity index (χ2n) is 7.34. The molecule has 28 heavy (non-hydrogen) atoms. The van der Waals surface area contributed by atoms with Gasteiger partial charge in [-0.3, -0.25) is 4.79 Å². The van der Waals surface area contributed by atoms with Crippen LogP contribution in [0.2, 0.25) is 0 Å². The lowest BCUT2D eigenvalue weighted by Crippen LogP contribution is -2.30. The molecule has 3 aromatic rings. The minimum atomic E-state index is -0.249. The van der Waals surface area contributed by atoms with E-state index in [9.17, 15) is 4.79 Å². The molecule has 0 saturated heterocycles. The second-order valence-corrected chi connectivity index (χ2v) is 7.34. The Morgan fingerprint density at radius 1 is 1.14 bits per heavy atom. The lowest BCUT2D eigenvalue weighted by molar-refractivity contribution is -0.116. The van der Waals surface area contributed by atoms with E-state index in [1.54, 1.807) is 0 Å². The minimum absolute atomic E-state index is 0.0408. The molecule has 4 rings (SSSR count). The van der Waals surface area contributed by atoms with Gasteiger partial charge in [0, 0.05) is 22.7 Å². The van der Waals surface area contributed by atoms with Gasteiger partial charge in [-0.25, -0.2) is 4.68 Å². The van der Waals surface area contributed by atoms with E-state index in [4.69, 9.17) is 0 Å². The predicted octanol–water partition coefficient (Wildman–Crippen LogP) is 4.03. The molecule has 4 heteroatoms. The van der Waals surface area contributed by atoms with Crippen LogP contribution >= 0.6 is 0 Å². The molecule has 4 nitrogen and oxygen atoms in total. The molecular weight excluding hydrogens is 346 g/mol. The van der Waals surface area contributed by atoms with Crippen molar-refractivity contribution in [1.29, 1.82) is 0 Å². The van der Waals surface area contributed by atoms with Crippen molar-refractivity contribution in [3.63, 3.8) is 0 Å². The first-order valence-corrected chi connectivity index (χ1v) is 9.63. The molecule has 1 aliphatic carbocycles. The zero-order valence-corrected chi connectivity index (χ0v) is 16.2. The van der Waals surface area contributed by atoms with Crippen molar-refractivity contribution in [2.45, 2.75) is 39.2 Å². The normalized spacial score (nSPS) is 15.3. The highest BCUT2D eigenvalue weighted by molar-refractivity contribution is 5.94. The van der Waals surface area contributed by atoms with E-state index < -0.39 is 0 Å². The highest BCUT2D eigenvalue weighted by Gasteiger charge is 2.25. The van der Waals surface area contributed by atoms with Crippen LogP contribution in [0.5, 0.6) is 0 Å². The van der Waals surface area contributed by atoms with Gasteiger partial charge in [-0.2, -0.15) is 5.10 Å². The Balaban J connectivity index is 1.56. The molecule has 1 aliphatic rings. The zero-order valence-electron chi connectivity index (χ0n) is 16.2. The summed E-state index contributed by atoms with van der Waals surface area (Å²) in [5.74, 6) is 5.37. The SMILES string of the molecule is Cc1cc(C)cc(-n2ncc3c2CCC[C@@H]3NC(=O)C#Cc2ccccc2)c1. The molecule has 0 aliphatic heterocycles. The van der Waals surface area contributed by atoms with E-state index >= 15 is 0 Å². The molecule has 1 N–H and O–H groups in total. The van der Waals surface area contributed by atoms with Crippen LogP contribution in [0.4, 0.5) is 0 Å². The van der Waals surface area contributed by atoms with E-state index in [-0.39, 0.29) is 11.9 Å².